The van der Waals surface area contributed by atoms with Crippen LogP contribution in [0.1, 0.15) is 37.1 Å². The number of aryl methyl sites for hydroxylation is 1. The van der Waals surface area contributed by atoms with Gasteiger partial charge in [-0.25, -0.2) is 0 Å². The molecule has 2 aromatic rings. The third-order valence-electron chi connectivity index (χ3n) is 5.16. The highest BCUT2D eigenvalue weighted by Crippen LogP contribution is 2.18. The molecule has 0 spiro atoms. The molecule has 1 aliphatic heterocycles. The van der Waals surface area contributed by atoms with E-state index in [1.165, 1.54) is 0 Å². The zero-order valence-corrected chi connectivity index (χ0v) is 16.7. The van der Waals surface area contributed by atoms with Gasteiger partial charge in [-0.2, -0.15) is 0 Å². The largest absolute Gasteiger partial charge is 0.472 e. The van der Waals surface area contributed by atoms with Crippen LogP contribution in [0.2, 0.25) is 0 Å². The van der Waals surface area contributed by atoms with Crippen molar-refractivity contribution in [1.82, 2.24) is 20.1 Å². The van der Waals surface area contributed by atoms with Crippen LogP contribution in [0.4, 0.5) is 0 Å². The normalized spacial score (nSPS) is 17.6. The molecule has 2 aromatic heterocycles. The Labute approximate surface area is 165 Å². The van der Waals surface area contributed by atoms with Gasteiger partial charge in [0.2, 0.25) is 11.8 Å². The predicted octanol–water partition coefficient (Wildman–Crippen LogP) is 2.11. The van der Waals surface area contributed by atoms with E-state index in [4.69, 9.17) is 4.42 Å². The van der Waals surface area contributed by atoms with Crippen molar-refractivity contribution in [2.45, 2.75) is 52.4 Å². The second-order valence-corrected chi connectivity index (χ2v) is 7.50. The second-order valence-electron chi connectivity index (χ2n) is 7.50. The molecule has 0 radical (unpaired) electrons. The molecule has 0 saturated carbocycles. The Morgan fingerprint density at radius 3 is 2.93 bits per heavy atom. The minimum Gasteiger partial charge on any atom is -0.472 e. The summed E-state index contributed by atoms with van der Waals surface area (Å²) >= 11 is 0. The number of pyridine rings is 1. The van der Waals surface area contributed by atoms with Crippen molar-refractivity contribution < 1.29 is 14.0 Å². The SMILES string of the molecule is Cc1cccnc1CN(C(=O)CC1C(=O)NCCN1Cc1ccoc1)C(C)C. The number of nitrogens with one attached hydrogen (secondary N) is 1. The van der Waals surface area contributed by atoms with Crippen molar-refractivity contribution in [2.75, 3.05) is 13.1 Å². The molecule has 3 rings (SSSR count). The molecule has 2 amide bonds. The number of furan rings is 1. The fourth-order valence-electron chi connectivity index (χ4n) is 3.48. The molecule has 0 aromatic carbocycles. The summed E-state index contributed by atoms with van der Waals surface area (Å²) in [6.07, 6.45) is 5.19. The zero-order valence-electron chi connectivity index (χ0n) is 16.7. The summed E-state index contributed by atoms with van der Waals surface area (Å²) in [7, 11) is 0. The number of piperazine rings is 1. The van der Waals surface area contributed by atoms with Gasteiger partial charge in [-0.1, -0.05) is 6.07 Å². The Hall–Kier alpha value is -2.67. The minimum atomic E-state index is -0.484. The first-order valence-corrected chi connectivity index (χ1v) is 9.68. The number of hydrogen-bond donors (Lipinski definition) is 1. The highest BCUT2D eigenvalue weighted by Gasteiger charge is 2.33. The topological polar surface area (TPSA) is 78.7 Å². The lowest BCUT2D eigenvalue weighted by atomic mass is 10.1. The predicted molar refractivity (Wildman–Crippen MR) is 105 cm³/mol. The summed E-state index contributed by atoms with van der Waals surface area (Å²) in [5.41, 5.74) is 2.93. The molecule has 1 saturated heterocycles. The smallest absolute Gasteiger partial charge is 0.237 e. The number of carbonyl (C=O) groups is 2. The molecule has 1 N–H and O–H groups in total. The number of amides is 2. The van der Waals surface area contributed by atoms with E-state index in [2.05, 4.69) is 10.3 Å². The lowest BCUT2D eigenvalue weighted by molar-refractivity contribution is -0.140. The van der Waals surface area contributed by atoms with Gasteiger partial charge in [0, 0.05) is 37.4 Å². The molecule has 7 heteroatoms. The van der Waals surface area contributed by atoms with E-state index in [9.17, 15) is 9.59 Å². The second kappa shape index (κ2) is 9.01. The molecular weight excluding hydrogens is 356 g/mol. The lowest BCUT2D eigenvalue weighted by Gasteiger charge is -2.36. The number of rotatable bonds is 7. The molecule has 1 unspecified atom stereocenters. The van der Waals surface area contributed by atoms with Gasteiger partial charge < -0.3 is 14.6 Å². The number of hydrogen-bond acceptors (Lipinski definition) is 5. The molecule has 3 heterocycles. The highest BCUT2D eigenvalue weighted by molar-refractivity contribution is 5.89. The van der Waals surface area contributed by atoms with Crippen LogP contribution in [0.15, 0.2) is 41.3 Å². The van der Waals surface area contributed by atoms with E-state index >= 15 is 0 Å². The summed E-state index contributed by atoms with van der Waals surface area (Å²) in [5.74, 6) is -0.139. The Kier molecular flexibility index (Phi) is 6.46. The molecular formula is C21H28N4O3. The molecule has 1 atom stereocenters. The van der Waals surface area contributed by atoms with Crippen molar-refractivity contribution in [3.05, 3.63) is 53.7 Å². The van der Waals surface area contributed by atoms with Gasteiger partial charge in [-0.05, 0) is 38.5 Å². The summed E-state index contributed by atoms with van der Waals surface area (Å²) in [5, 5.41) is 2.89. The maximum absolute atomic E-state index is 13.1. The van der Waals surface area contributed by atoms with Crippen LogP contribution < -0.4 is 5.32 Å². The van der Waals surface area contributed by atoms with Gasteiger partial charge >= 0.3 is 0 Å². The summed E-state index contributed by atoms with van der Waals surface area (Å²) < 4.78 is 5.14. The van der Waals surface area contributed by atoms with Crippen LogP contribution in [0.25, 0.3) is 0 Å². The summed E-state index contributed by atoms with van der Waals surface area (Å²) in [6, 6.07) is 5.30. The fraction of sp³-hybridized carbons (Fsp3) is 0.476. The minimum absolute atomic E-state index is 0.0166. The standard InChI is InChI=1S/C21H28N4O3/c1-15(2)25(13-18-16(3)5-4-7-22-18)20(26)11-19-21(27)23-8-9-24(19)12-17-6-10-28-14-17/h4-7,10,14-15,19H,8-9,11-13H2,1-3H3,(H,23,27). The number of nitrogens with zero attached hydrogens (tertiary/aromatic N) is 3. The summed E-state index contributed by atoms with van der Waals surface area (Å²) in [6.45, 7) is 8.29. The van der Waals surface area contributed by atoms with Crippen LogP contribution in [0, 0.1) is 6.92 Å². The van der Waals surface area contributed by atoms with Crippen molar-refractivity contribution in [2.24, 2.45) is 0 Å². The zero-order chi connectivity index (χ0) is 20.1. The van der Waals surface area contributed by atoms with Crippen LogP contribution in [-0.2, 0) is 22.7 Å². The van der Waals surface area contributed by atoms with Crippen molar-refractivity contribution in [1.29, 1.82) is 0 Å². The monoisotopic (exact) mass is 384 g/mol. The maximum atomic E-state index is 13.1. The van der Waals surface area contributed by atoms with Crippen LogP contribution in [0.5, 0.6) is 0 Å². The van der Waals surface area contributed by atoms with Gasteiger partial charge in [-0.3, -0.25) is 19.5 Å². The molecule has 150 valence electrons. The Morgan fingerprint density at radius 2 is 2.25 bits per heavy atom. The molecule has 7 nitrogen and oxygen atoms in total. The third-order valence-corrected chi connectivity index (χ3v) is 5.16. The van der Waals surface area contributed by atoms with E-state index in [0.717, 1.165) is 16.8 Å². The molecule has 1 fully saturated rings. The van der Waals surface area contributed by atoms with Gasteiger partial charge in [0.25, 0.3) is 0 Å². The Bertz CT molecular complexity index is 804. The fourth-order valence-corrected chi connectivity index (χ4v) is 3.48. The van der Waals surface area contributed by atoms with Crippen molar-refractivity contribution in [3.8, 4) is 0 Å². The average Bonchev–Trinajstić information content (AvgIpc) is 3.16. The quantitative estimate of drug-likeness (QED) is 0.791. The number of aromatic nitrogens is 1. The van der Waals surface area contributed by atoms with Crippen LogP contribution >= 0.6 is 0 Å². The molecule has 0 aliphatic carbocycles. The van der Waals surface area contributed by atoms with Crippen LogP contribution in [0.3, 0.4) is 0 Å². The van der Waals surface area contributed by atoms with E-state index in [1.54, 1.807) is 23.6 Å². The Balaban J connectivity index is 1.73. The summed E-state index contributed by atoms with van der Waals surface area (Å²) in [4.78, 5) is 33.9. The maximum Gasteiger partial charge on any atom is 0.237 e. The van der Waals surface area contributed by atoms with Gasteiger partial charge in [0.1, 0.15) is 0 Å². The first kappa shape index (κ1) is 20.1. The average molecular weight is 384 g/mol. The van der Waals surface area contributed by atoms with Gasteiger partial charge in [-0.15, -0.1) is 0 Å². The van der Waals surface area contributed by atoms with E-state index < -0.39 is 6.04 Å². The third kappa shape index (κ3) is 4.78. The molecule has 1 aliphatic rings. The van der Waals surface area contributed by atoms with Gasteiger partial charge in [0.15, 0.2) is 0 Å². The van der Waals surface area contributed by atoms with E-state index in [0.29, 0.717) is 26.2 Å². The van der Waals surface area contributed by atoms with E-state index in [1.807, 2.05) is 43.9 Å². The van der Waals surface area contributed by atoms with E-state index in [-0.39, 0.29) is 24.3 Å². The van der Waals surface area contributed by atoms with Crippen LogP contribution in [-0.4, -0.2) is 51.8 Å². The lowest BCUT2D eigenvalue weighted by Crippen LogP contribution is -2.56. The Morgan fingerprint density at radius 1 is 1.43 bits per heavy atom. The van der Waals surface area contributed by atoms with Crippen molar-refractivity contribution in [3.63, 3.8) is 0 Å². The first-order valence-electron chi connectivity index (χ1n) is 9.68. The first-order chi connectivity index (χ1) is 13.5. The molecule has 28 heavy (non-hydrogen) atoms. The number of carbonyl (C=O) groups excluding carboxylic acids is 2. The highest BCUT2D eigenvalue weighted by atomic mass is 16.3. The molecule has 0 bridgehead atoms. The van der Waals surface area contributed by atoms with Crippen molar-refractivity contribution >= 4 is 11.8 Å². The van der Waals surface area contributed by atoms with Gasteiger partial charge in [0.05, 0.1) is 37.2 Å².